The fraction of sp³-hybridized carbons (Fsp3) is 0.417. The lowest BCUT2D eigenvalue weighted by molar-refractivity contribution is -0.111. The lowest BCUT2D eigenvalue weighted by Gasteiger charge is -2.18. The molecule has 0 spiro atoms. The van der Waals surface area contributed by atoms with Crippen molar-refractivity contribution in [2.45, 2.75) is 24.2 Å². The van der Waals surface area contributed by atoms with Crippen LogP contribution < -0.4 is 0 Å². The number of carbonyl (C=O) groups excluding carboxylic acids is 1. The summed E-state index contributed by atoms with van der Waals surface area (Å²) in [5.41, 5.74) is 0.200. The molecule has 0 aromatic heterocycles. The third kappa shape index (κ3) is 2.73. The SMILES string of the molecule is CN(C)S(=O)(=O)c1ccc(C(C)(C)C=O)cc1. The zero-order valence-corrected chi connectivity index (χ0v) is 11.3. The number of benzene rings is 1. The monoisotopic (exact) mass is 255 g/mol. The number of hydrogen-bond acceptors (Lipinski definition) is 3. The van der Waals surface area contributed by atoms with Crippen LogP contribution >= 0.6 is 0 Å². The van der Waals surface area contributed by atoms with Gasteiger partial charge in [0.25, 0.3) is 0 Å². The van der Waals surface area contributed by atoms with Gasteiger partial charge in [0.05, 0.1) is 4.90 Å². The first kappa shape index (κ1) is 13.9. The average Bonchev–Trinajstić information content (AvgIpc) is 2.29. The molecule has 0 heterocycles. The number of carbonyl (C=O) groups is 1. The van der Waals surface area contributed by atoms with Gasteiger partial charge in [0, 0.05) is 19.5 Å². The van der Waals surface area contributed by atoms with Crippen molar-refractivity contribution in [3.63, 3.8) is 0 Å². The van der Waals surface area contributed by atoms with Crippen molar-refractivity contribution in [3.05, 3.63) is 29.8 Å². The summed E-state index contributed by atoms with van der Waals surface area (Å²) in [6, 6.07) is 6.39. The minimum absolute atomic E-state index is 0.230. The van der Waals surface area contributed by atoms with E-state index in [1.807, 2.05) is 0 Å². The van der Waals surface area contributed by atoms with Gasteiger partial charge in [-0.1, -0.05) is 12.1 Å². The highest BCUT2D eigenvalue weighted by atomic mass is 32.2. The summed E-state index contributed by atoms with van der Waals surface area (Å²) in [5.74, 6) is 0. The van der Waals surface area contributed by atoms with E-state index in [0.29, 0.717) is 0 Å². The molecule has 0 N–H and O–H groups in total. The molecule has 1 aromatic rings. The molecule has 17 heavy (non-hydrogen) atoms. The van der Waals surface area contributed by atoms with Gasteiger partial charge in [-0.05, 0) is 31.5 Å². The van der Waals surface area contributed by atoms with Crippen molar-refractivity contribution in [2.75, 3.05) is 14.1 Å². The van der Waals surface area contributed by atoms with Gasteiger partial charge in [-0.3, -0.25) is 0 Å². The van der Waals surface area contributed by atoms with Crippen LogP contribution in [0.3, 0.4) is 0 Å². The lowest BCUT2D eigenvalue weighted by Crippen LogP contribution is -2.23. The molecule has 0 aliphatic carbocycles. The van der Waals surface area contributed by atoms with Crippen LogP contribution in [0.4, 0.5) is 0 Å². The molecule has 0 aliphatic heterocycles. The molecule has 4 nitrogen and oxygen atoms in total. The Morgan fingerprint density at radius 3 is 1.94 bits per heavy atom. The molecular formula is C12H17NO3S. The van der Waals surface area contributed by atoms with Crippen LogP contribution in [0, 0.1) is 0 Å². The molecule has 0 radical (unpaired) electrons. The fourth-order valence-electron chi connectivity index (χ4n) is 1.34. The number of sulfonamides is 1. The maximum atomic E-state index is 11.8. The second-order valence-corrected chi connectivity index (χ2v) is 6.80. The predicted octanol–water partition coefficient (Wildman–Crippen LogP) is 1.41. The van der Waals surface area contributed by atoms with Gasteiger partial charge in [-0.15, -0.1) is 0 Å². The third-order valence-corrected chi connectivity index (χ3v) is 4.50. The molecule has 5 heteroatoms. The Balaban J connectivity index is 3.18. The first-order valence-corrected chi connectivity index (χ1v) is 6.65. The van der Waals surface area contributed by atoms with E-state index in [4.69, 9.17) is 0 Å². The zero-order valence-electron chi connectivity index (χ0n) is 10.5. The Kier molecular flexibility index (Phi) is 3.74. The number of hydrogen-bond donors (Lipinski definition) is 0. The summed E-state index contributed by atoms with van der Waals surface area (Å²) in [7, 11) is -0.431. The molecule has 0 atom stereocenters. The van der Waals surface area contributed by atoms with Crippen molar-refractivity contribution >= 4 is 16.3 Å². The Hall–Kier alpha value is -1.20. The quantitative estimate of drug-likeness (QED) is 0.764. The van der Waals surface area contributed by atoms with E-state index in [-0.39, 0.29) is 4.90 Å². The first-order chi connectivity index (χ1) is 7.71. The van der Waals surface area contributed by atoms with Gasteiger partial charge < -0.3 is 4.79 Å². The van der Waals surface area contributed by atoms with Crippen LogP contribution in [-0.4, -0.2) is 33.1 Å². The second-order valence-electron chi connectivity index (χ2n) is 4.65. The van der Waals surface area contributed by atoms with Crippen molar-refractivity contribution in [1.29, 1.82) is 0 Å². The molecule has 1 aromatic carbocycles. The highest BCUT2D eigenvalue weighted by Crippen LogP contribution is 2.22. The van der Waals surface area contributed by atoms with E-state index >= 15 is 0 Å². The maximum absolute atomic E-state index is 11.8. The van der Waals surface area contributed by atoms with Gasteiger partial charge >= 0.3 is 0 Å². The van der Waals surface area contributed by atoms with Gasteiger partial charge in [-0.25, -0.2) is 12.7 Å². The van der Waals surface area contributed by atoms with Gasteiger partial charge in [0.2, 0.25) is 10.0 Å². The summed E-state index contributed by atoms with van der Waals surface area (Å²) in [6.45, 7) is 3.57. The number of aldehydes is 1. The van der Waals surface area contributed by atoms with Gasteiger partial charge in [0.15, 0.2) is 0 Å². The van der Waals surface area contributed by atoms with E-state index in [2.05, 4.69) is 0 Å². The molecule has 0 saturated heterocycles. The predicted molar refractivity (Wildman–Crippen MR) is 66.4 cm³/mol. The fourth-order valence-corrected chi connectivity index (χ4v) is 2.24. The van der Waals surface area contributed by atoms with Crippen molar-refractivity contribution < 1.29 is 13.2 Å². The molecular weight excluding hydrogens is 238 g/mol. The maximum Gasteiger partial charge on any atom is 0.242 e. The third-order valence-electron chi connectivity index (χ3n) is 2.67. The van der Waals surface area contributed by atoms with Crippen LogP contribution in [0.15, 0.2) is 29.2 Å². The molecule has 0 amide bonds. The first-order valence-electron chi connectivity index (χ1n) is 5.21. The molecule has 0 saturated carbocycles. The number of rotatable bonds is 4. The molecule has 0 fully saturated rings. The van der Waals surface area contributed by atoms with Crippen LogP contribution in [0.5, 0.6) is 0 Å². The Morgan fingerprint density at radius 1 is 1.12 bits per heavy atom. The van der Waals surface area contributed by atoms with E-state index in [0.717, 1.165) is 16.2 Å². The smallest absolute Gasteiger partial charge is 0.242 e. The molecule has 0 aliphatic rings. The lowest BCUT2D eigenvalue weighted by atomic mass is 9.87. The standard InChI is InChI=1S/C12H17NO3S/c1-12(2,9-14)10-5-7-11(8-6-10)17(15,16)13(3)4/h5-9H,1-4H3. The van der Waals surface area contributed by atoms with Gasteiger partial charge in [0.1, 0.15) is 6.29 Å². The van der Waals surface area contributed by atoms with Crippen molar-refractivity contribution in [2.24, 2.45) is 0 Å². The Bertz CT molecular complexity index is 501. The van der Waals surface area contributed by atoms with Crippen molar-refractivity contribution in [1.82, 2.24) is 4.31 Å². The van der Waals surface area contributed by atoms with Crippen LogP contribution in [0.25, 0.3) is 0 Å². The van der Waals surface area contributed by atoms with E-state index in [9.17, 15) is 13.2 Å². The van der Waals surface area contributed by atoms with E-state index in [1.54, 1.807) is 26.0 Å². The van der Waals surface area contributed by atoms with Gasteiger partial charge in [-0.2, -0.15) is 0 Å². The minimum atomic E-state index is -3.40. The Labute approximate surface area is 102 Å². The summed E-state index contributed by atoms with van der Waals surface area (Å²) in [6.07, 6.45) is 0.850. The van der Waals surface area contributed by atoms with Crippen LogP contribution in [0.2, 0.25) is 0 Å². The summed E-state index contributed by atoms with van der Waals surface area (Å²) in [5, 5.41) is 0. The highest BCUT2D eigenvalue weighted by molar-refractivity contribution is 7.89. The molecule has 0 bridgehead atoms. The van der Waals surface area contributed by atoms with Crippen LogP contribution in [-0.2, 0) is 20.2 Å². The summed E-state index contributed by atoms with van der Waals surface area (Å²) >= 11 is 0. The van der Waals surface area contributed by atoms with Crippen LogP contribution in [0.1, 0.15) is 19.4 Å². The molecule has 0 unspecified atom stereocenters. The van der Waals surface area contributed by atoms with E-state index < -0.39 is 15.4 Å². The van der Waals surface area contributed by atoms with E-state index in [1.165, 1.54) is 26.2 Å². The molecule has 94 valence electrons. The second kappa shape index (κ2) is 4.58. The minimum Gasteiger partial charge on any atom is -0.302 e. The number of nitrogens with zero attached hydrogens (tertiary/aromatic N) is 1. The normalized spacial score (nSPS) is 12.8. The zero-order chi connectivity index (χ0) is 13.3. The summed E-state index contributed by atoms with van der Waals surface area (Å²) < 4.78 is 24.8. The Morgan fingerprint density at radius 2 is 1.59 bits per heavy atom. The largest absolute Gasteiger partial charge is 0.302 e. The highest BCUT2D eigenvalue weighted by Gasteiger charge is 2.21. The topological polar surface area (TPSA) is 54.5 Å². The average molecular weight is 255 g/mol. The molecule has 1 rings (SSSR count). The van der Waals surface area contributed by atoms with Crippen molar-refractivity contribution in [3.8, 4) is 0 Å². The summed E-state index contributed by atoms with van der Waals surface area (Å²) in [4.78, 5) is 11.1.